The van der Waals surface area contributed by atoms with Crippen molar-refractivity contribution in [3.05, 3.63) is 22.9 Å². The Morgan fingerprint density at radius 3 is 2.95 bits per heavy atom. The number of aromatic nitrogens is 1. The van der Waals surface area contributed by atoms with Gasteiger partial charge in [-0.05, 0) is 50.7 Å². The minimum atomic E-state index is -0.721. The smallest absolute Gasteiger partial charge is 0.173 e. The summed E-state index contributed by atoms with van der Waals surface area (Å²) in [5.74, 6) is 0.809. The number of hydrogen-bond acceptors (Lipinski definition) is 5. The highest BCUT2D eigenvalue weighted by Gasteiger charge is 2.31. The molecule has 0 radical (unpaired) electrons. The van der Waals surface area contributed by atoms with Gasteiger partial charge in [0.2, 0.25) is 0 Å². The van der Waals surface area contributed by atoms with Gasteiger partial charge in [-0.25, -0.2) is 4.98 Å². The van der Waals surface area contributed by atoms with E-state index in [-0.39, 0.29) is 5.84 Å². The number of oxime groups is 1. The Balaban J connectivity index is 2.04. The zero-order valence-electron chi connectivity index (χ0n) is 12.3. The maximum absolute atomic E-state index is 10.3. The summed E-state index contributed by atoms with van der Waals surface area (Å²) in [4.78, 5) is 6.81. The fourth-order valence-electron chi connectivity index (χ4n) is 3.35. The zero-order valence-corrected chi connectivity index (χ0v) is 12.3. The van der Waals surface area contributed by atoms with Crippen molar-refractivity contribution in [1.29, 1.82) is 0 Å². The Labute approximate surface area is 124 Å². The minimum Gasteiger partial charge on any atom is -0.409 e. The van der Waals surface area contributed by atoms with E-state index in [2.05, 4.69) is 10.1 Å². The molecule has 1 aromatic heterocycles. The van der Waals surface area contributed by atoms with Crippen molar-refractivity contribution in [1.82, 2.24) is 4.98 Å². The molecule has 2 aliphatic rings. The zero-order chi connectivity index (χ0) is 15.0. The number of piperidine rings is 1. The standard InChI is InChI=1S/C15H22N4O2/c1-15(20)6-3-7-19(9-15)14-11(13(16)18-21)8-10-4-2-5-12(10)17-14/h8,20-21H,2-7,9H2,1H3,(H2,16,18). The van der Waals surface area contributed by atoms with Crippen LogP contribution >= 0.6 is 0 Å². The molecule has 0 saturated carbocycles. The summed E-state index contributed by atoms with van der Waals surface area (Å²) in [6.07, 6.45) is 4.75. The van der Waals surface area contributed by atoms with Crippen molar-refractivity contribution in [2.45, 2.75) is 44.6 Å². The molecule has 1 aliphatic heterocycles. The fraction of sp³-hybridized carbons (Fsp3) is 0.600. The first-order chi connectivity index (χ1) is 10.00. The second kappa shape index (κ2) is 5.18. The number of hydrogen-bond donors (Lipinski definition) is 3. The summed E-state index contributed by atoms with van der Waals surface area (Å²) < 4.78 is 0. The van der Waals surface area contributed by atoms with Crippen LogP contribution in [-0.2, 0) is 12.8 Å². The first kappa shape index (κ1) is 14.1. The predicted octanol–water partition coefficient (Wildman–Crippen LogP) is 1.02. The molecule has 1 atom stereocenters. The monoisotopic (exact) mass is 290 g/mol. The molecule has 0 spiro atoms. The molecular weight excluding hydrogens is 268 g/mol. The number of pyridine rings is 1. The molecule has 21 heavy (non-hydrogen) atoms. The molecule has 1 fully saturated rings. The quantitative estimate of drug-likeness (QED) is 0.327. The van der Waals surface area contributed by atoms with Crippen molar-refractivity contribution in [3.8, 4) is 0 Å². The average molecular weight is 290 g/mol. The first-order valence-electron chi connectivity index (χ1n) is 7.48. The lowest BCUT2D eigenvalue weighted by Gasteiger charge is -2.38. The molecule has 1 unspecified atom stereocenters. The minimum absolute atomic E-state index is 0.0809. The van der Waals surface area contributed by atoms with Gasteiger partial charge >= 0.3 is 0 Å². The van der Waals surface area contributed by atoms with E-state index in [0.717, 1.165) is 50.2 Å². The van der Waals surface area contributed by atoms with Crippen LogP contribution in [0.2, 0.25) is 0 Å². The van der Waals surface area contributed by atoms with Gasteiger partial charge in [0, 0.05) is 18.8 Å². The summed E-state index contributed by atoms with van der Waals surface area (Å²) >= 11 is 0. The number of aryl methyl sites for hydroxylation is 2. The fourth-order valence-corrected chi connectivity index (χ4v) is 3.35. The van der Waals surface area contributed by atoms with Crippen LogP contribution in [0.5, 0.6) is 0 Å². The van der Waals surface area contributed by atoms with E-state index in [1.54, 1.807) is 0 Å². The predicted molar refractivity (Wildman–Crippen MR) is 80.8 cm³/mol. The highest BCUT2D eigenvalue weighted by Crippen LogP contribution is 2.31. The molecule has 0 amide bonds. The van der Waals surface area contributed by atoms with Crippen LogP contribution < -0.4 is 10.6 Å². The van der Waals surface area contributed by atoms with Crippen molar-refractivity contribution < 1.29 is 10.3 Å². The summed E-state index contributed by atoms with van der Waals surface area (Å²) in [6, 6.07) is 1.99. The largest absolute Gasteiger partial charge is 0.409 e. The van der Waals surface area contributed by atoms with Gasteiger partial charge in [0.1, 0.15) is 5.82 Å². The van der Waals surface area contributed by atoms with E-state index < -0.39 is 5.60 Å². The number of anilines is 1. The third-order valence-electron chi connectivity index (χ3n) is 4.39. The number of aliphatic hydroxyl groups is 1. The van der Waals surface area contributed by atoms with Gasteiger partial charge in [0.05, 0.1) is 11.2 Å². The Bertz CT molecular complexity index is 583. The van der Waals surface area contributed by atoms with Crippen molar-refractivity contribution in [2.24, 2.45) is 10.9 Å². The van der Waals surface area contributed by atoms with Gasteiger partial charge in [-0.15, -0.1) is 0 Å². The molecule has 1 aliphatic carbocycles. The lowest BCUT2D eigenvalue weighted by atomic mass is 9.94. The van der Waals surface area contributed by atoms with Crippen LogP contribution in [0.4, 0.5) is 5.82 Å². The van der Waals surface area contributed by atoms with Gasteiger partial charge in [-0.3, -0.25) is 0 Å². The molecule has 4 N–H and O–H groups in total. The van der Waals surface area contributed by atoms with E-state index in [1.807, 2.05) is 13.0 Å². The summed E-state index contributed by atoms with van der Waals surface area (Å²) in [5, 5.41) is 22.5. The third-order valence-corrected chi connectivity index (χ3v) is 4.39. The normalized spacial score (nSPS) is 26.0. The van der Waals surface area contributed by atoms with Crippen LogP contribution in [0.1, 0.15) is 43.0 Å². The maximum Gasteiger partial charge on any atom is 0.173 e. The third kappa shape index (κ3) is 2.68. The molecule has 0 bridgehead atoms. The molecule has 3 rings (SSSR count). The van der Waals surface area contributed by atoms with Gasteiger partial charge in [0.15, 0.2) is 5.84 Å². The van der Waals surface area contributed by atoms with Crippen molar-refractivity contribution in [3.63, 3.8) is 0 Å². The molecule has 6 heteroatoms. The van der Waals surface area contributed by atoms with Crippen LogP contribution in [0, 0.1) is 0 Å². The molecule has 6 nitrogen and oxygen atoms in total. The number of β-amino-alcohol motifs (C(OH)–C–C–N with tert-alkyl or cyclic N) is 1. The number of rotatable bonds is 2. The van der Waals surface area contributed by atoms with E-state index in [0.29, 0.717) is 12.1 Å². The molecule has 114 valence electrons. The second-order valence-corrected chi connectivity index (χ2v) is 6.33. The van der Waals surface area contributed by atoms with E-state index in [9.17, 15) is 5.11 Å². The Morgan fingerprint density at radius 2 is 2.24 bits per heavy atom. The summed E-state index contributed by atoms with van der Waals surface area (Å²) in [7, 11) is 0. The van der Waals surface area contributed by atoms with E-state index >= 15 is 0 Å². The molecule has 1 saturated heterocycles. The van der Waals surface area contributed by atoms with Crippen LogP contribution in [0.25, 0.3) is 0 Å². The van der Waals surface area contributed by atoms with Crippen LogP contribution in [0.15, 0.2) is 11.2 Å². The number of nitrogens with two attached hydrogens (primary N) is 1. The molecular formula is C15H22N4O2. The molecule has 2 heterocycles. The van der Waals surface area contributed by atoms with Crippen molar-refractivity contribution >= 4 is 11.7 Å². The van der Waals surface area contributed by atoms with Crippen molar-refractivity contribution in [2.75, 3.05) is 18.0 Å². The average Bonchev–Trinajstić information content (AvgIpc) is 2.91. The maximum atomic E-state index is 10.3. The molecule has 0 aromatic carbocycles. The summed E-state index contributed by atoms with van der Waals surface area (Å²) in [6.45, 7) is 3.19. The molecule has 1 aromatic rings. The number of amidine groups is 1. The van der Waals surface area contributed by atoms with Crippen LogP contribution in [-0.4, -0.2) is 39.8 Å². The second-order valence-electron chi connectivity index (χ2n) is 6.33. The van der Waals surface area contributed by atoms with Gasteiger partial charge < -0.3 is 20.9 Å². The highest BCUT2D eigenvalue weighted by molar-refractivity contribution is 6.01. The number of nitrogens with zero attached hydrogens (tertiary/aromatic N) is 3. The first-order valence-corrected chi connectivity index (χ1v) is 7.48. The van der Waals surface area contributed by atoms with E-state index in [1.165, 1.54) is 5.56 Å². The SMILES string of the molecule is CC1(O)CCCN(c2nc3c(cc2C(N)=NO)CCC3)C1. The van der Waals surface area contributed by atoms with E-state index in [4.69, 9.17) is 15.9 Å². The van der Waals surface area contributed by atoms with Gasteiger partial charge in [-0.2, -0.15) is 0 Å². The number of fused-ring (bicyclic) bond motifs is 1. The Morgan fingerprint density at radius 1 is 1.43 bits per heavy atom. The van der Waals surface area contributed by atoms with Gasteiger partial charge in [0.25, 0.3) is 0 Å². The lowest BCUT2D eigenvalue weighted by molar-refractivity contribution is 0.0447. The van der Waals surface area contributed by atoms with Gasteiger partial charge in [-0.1, -0.05) is 5.16 Å². The Kier molecular flexibility index (Phi) is 3.49. The topological polar surface area (TPSA) is 95.0 Å². The van der Waals surface area contributed by atoms with Crippen LogP contribution in [0.3, 0.4) is 0 Å². The summed E-state index contributed by atoms with van der Waals surface area (Å²) in [5.41, 5.74) is 8.06. The Hall–Kier alpha value is -1.82. The lowest BCUT2D eigenvalue weighted by Crippen LogP contribution is -2.47. The highest BCUT2D eigenvalue weighted by atomic mass is 16.4.